The van der Waals surface area contributed by atoms with Crippen LogP contribution in [0.5, 0.6) is 0 Å². The first-order valence-corrected chi connectivity index (χ1v) is 10.7. The summed E-state index contributed by atoms with van der Waals surface area (Å²) in [6, 6.07) is 16.1. The molecular formula is C23H19ClN2O3S. The fraction of sp³-hybridized carbons (Fsp3) is 0.174. The zero-order chi connectivity index (χ0) is 21.3. The van der Waals surface area contributed by atoms with E-state index in [9.17, 15) is 9.59 Å². The second-order valence-corrected chi connectivity index (χ2v) is 8.21. The van der Waals surface area contributed by atoms with Crippen LogP contribution in [0.4, 0.5) is 0 Å². The van der Waals surface area contributed by atoms with Gasteiger partial charge in [0, 0.05) is 5.02 Å². The highest BCUT2D eigenvalue weighted by atomic mass is 35.5. The van der Waals surface area contributed by atoms with E-state index >= 15 is 0 Å². The Morgan fingerprint density at radius 3 is 2.57 bits per heavy atom. The molecule has 1 aliphatic rings. The first-order valence-electron chi connectivity index (χ1n) is 9.49. The summed E-state index contributed by atoms with van der Waals surface area (Å²) in [6.45, 7) is 3.75. The number of carbonyl (C=O) groups excluding carboxylic acids is 1. The Balaban J connectivity index is 1.96. The Morgan fingerprint density at radius 1 is 1.20 bits per heavy atom. The summed E-state index contributed by atoms with van der Waals surface area (Å²) < 4.78 is 7.41. The third-order valence-electron chi connectivity index (χ3n) is 4.80. The number of benzene rings is 2. The second-order valence-electron chi connectivity index (χ2n) is 6.76. The molecule has 0 saturated heterocycles. The Kier molecular flexibility index (Phi) is 5.70. The van der Waals surface area contributed by atoms with Crippen LogP contribution in [0.25, 0.3) is 6.08 Å². The van der Waals surface area contributed by atoms with Crippen LogP contribution in [0, 0.1) is 0 Å². The van der Waals surface area contributed by atoms with Gasteiger partial charge in [-0.05, 0) is 43.2 Å². The van der Waals surface area contributed by atoms with Crippen LogP contribution in [0.3, 0.4) is 0 Å². The van der Waals surface area contributed by atoms with Gasteiger partial charge in [0.2, 0.25) is 0 Å². The number of aromatic nitrogens is 1. The van der Waals surface area contributed by atoms with Crippen molar-refractivity contribution in [2.24, 2.45) is 4.99 Å². The molecule has 0 N–H and O–H groups in total. The van der Waals surface area contributed by atoms with Gasteiger partial charge in [-0.3, -0.25) is 9.36 Å². The van der Waals surface area contributed by atoms with Crippen molar-refractivity contribution in [1.29, 1.82) is 0 Å². The molecule has 1 unspecified atom stereocenters. The Hall–Kier alpha value is -2.96. The quantitative estimate of drug-likeness (QED) is 0.586. The molecule has 152 valence electrons. The molecule has 0 radical (unpaired) electrons. The van der Waals surface area contributed by atoms with Crippen molar-refractivity contribution < 1.29 is 9.53 Å². The lowest BCUT2D eigenvalue weighted by Crippen LogP contribution is -2.39. The minimum absolute atomic E-state index is 0.197. The molecule has 0 saturated carbocycles. The first-order chi connectivity index (χ1) is 14.5. The molecule has 3 aromatic rings. The molecule has 0 fully saturated rings. The van der Waals surface area contributed by atoms with Gasteiger partial charge in [-0.2, -0.15) is 0 Å². The highest BCUT2D eigenvalue weighted by molar-refractivity contribution is 7.07. The topological polar surface area (TPSA) is 60.7 Å². The number of carbonyl (C=O) groups is 1. The van der Waals surface area contributed by atoms with Gasteiger partial charge < -0.3 is 4.74 Å². The number of nitrogens with zero attached hydrogens (tertiary/aromatic N) is 2. The number of allylic oxidation sites excluding steroid dienone is 1. The van der Waals surface area contributed by atoms with Crippen LogP contribution in [0.1, 0.15) is 31.0 Å². The Labute approximate surface area is 182 Å². The molecule has 0 spiro atoms. The molecule has 0 amide bonds. The standard InChI is InChI=1S/C23H19ClN2O3S/c1-3-29-22(28)19-14(2)25-23-26(20(19)16-9-11-17(24)12-10-16)21(27)18(30-23)13-15-7-5-4-6-8-15/h4-13,20H,3H2,1-2H3. The number of halogens is 1. The summed E-state index contributed by atoms with van der Waals surface area (Å²) in [5.41, 5.74) is 2.40. The van der Waals surface area contributed by atoms with Crippen LogP contribution < -0.4 is 14.9 Å². The minimum atomic E-state index is -0.629. The van der Waals surface area contributed by atoms with Crippen molar-refractivity contribution in [3.63, 3.8) is 0 Å². The van der Waals surface area contributed by atoms with Crippen molar-refractivity contribution in [3.8, 4) is 0 Å². The van der Waals surface area contributed by atoms with E-state index in [1.807, 2.05) is 48.5 Å². The molecule has 0 aliphatic carbocycles. The average Bonchev–Trinajstić information content (AvgIpc) is 3.03. The number of hydrogen-bond donors (Lipinski definition) is 0. The maximum Gasteiger partial charge on any atom is 0.338 e. The first kappa shape index (κ1) is 20.3. The maximum absolute atomic E-state index is 13.4. The van der Waals surface area contributed by atoms with E-state index in [4.69, 9.17) is 16.3 Å². The monoisotopic (exact) mass is 438 g/mol. The van der Waals surface area contributed by atoms with Crippen molar-refractivity contribution in [2.75, 3.05) is 6.61 Å². The van der Waals surface area contributed by atoms with Crippen LogP contribution in [0.15, 0.2) is 75.7 Å². The molecule has 5 nitrogen and oxygen atoms in total. The molecule has 4 rings (SSSR count). The lowest BCUT2D eigenvalue weighted by Gasteiger charge is -2.24. The summed E-state index contributed by atoms with van der Waals surface area (Å²) >= 11 is 7.37. The number of ether oxygens (including phenoxy) is 1. The predicted molar refractivity (Wildman–Crippen MR) is 118 cm³/mol. The summed E-state index contributed by atoms with van der Waals surface area (Å²) in [4.78, 5) is 31.3. The fourth-order valence-electron chi connectivity index (χ4n) is 3.45. The zero-order valence-electron chi connectivity index (χ0n) is 16.5. The SMILES string of the molecule is CCOC(=O)C1=C(C)N=c2sc(=Cc3ccccc3)c(=O)n2C1c1ccc(Cl)cc1. The zero-order valence-corrected chi connectivity index (χ0v) is 18.0. The lowest BCUT2D eigenvalue weighted by atomic mass is 9.96. The van der Waals surface area contributed by atoms with E-state index in [0.717, 1.165) is 11.1 Å². The number of fused-ring (bicyclic) bond motifs is 1. The van der Waals surface area contributed by atoms with E-state index in [1.54, 1.807) is 30.5 Å². The number of thiazole rings is 1. The second kappa shape index (κ2) is 8.42. The van der Waals surface area contributed by atoms with Gasteiger partial charge in [0.15, 0.2) is 4.80 Å². The van der Waals surface area contributed by atoms with E-state index < -0.39 is 12.0 Å². The fourth-order valence-corrected chi connectivity index (χ4v) is 4.63. The van der Waals surface area contributed by atoms with Gasteiger partial charge in [0.05, 0.1) is 28.5 Å². The van der Waals surface area contributed by atoms with Gasteiger partial charge in [0.25, 0.3) is 5.56 Å². The third-order valence-corrected chi connectivity index (χ3v) is 6.04. The number of hydrogen-bond acceptors (Lipinski definition) is 5. The van der Waals surface area contributed by atoms with Gasteiger partial charge in [-0.15, -0.1) is 0 Å². The van der Waals surface area contributed by atoms with Crippen LogP contribution in [-0.4, -0.2) is 17.1 Å². The molecule has 2 heterocycles. The summed E-state index contributed by atoms with van der Waals surface area (Å²) in [7, 11) is 0. The van der Waals surface area contributed by atoms with Crippen molar-refractivity contribution in [1.82, 2.24) is 4.57 Å². The molecule has 0 bridgehead atoms. The van der Waals surface area contributed by atoms with Crippen LogP contribution in [-0.2, 0) is 9.53 Å². The van der Waals surface area contributed by atoms with Crippen molar-refractivity contribution in [2.45, 2.75) is 19.9 Å². The van der Waals surface area contributed by atoms with E-state index in [-0.39, 0.29) is 12.2 Å². The highest BCUT2D eigenvalue weighted by Gasteiger charge is 2.33. The maximum atomic E-state index is 13.4. The van der Waals surface area contributed by atoms with E-state index in [0.29, 0.717) is 25.6 Å². The summed E-state index contributed by atoms with van der Waals surface area (Å²) in [6.07, 6.45) is 1.84. The van der Waals surface area contributed by atoms with E-state index in [1.165, 1.54) is 11.3 Å². The molecule has 1 aromatic heterocycles. The molecule has 1 aliphatic heterocycles. The normalized spacial score (nSPS) is 16.2. The molecule has 30 heavy (non-hydrogen) atoms. The van der Waals surface area contributed by atoms with Crippen LogP contribution in [0.2, 0.25) is 5.02 Å². The number of esters is 1. The largest absolute Gasteiger partial charge is 0.463 e. The predicted octanol–water partition coefficient (Wildman–Crippen LogP) is 3.45. The molecular weight excluding hydrogens is 420 g/mol. The van der Waals surface area contributed by atoms with Crippen LogP contribution >= 0.6 is 22.9 Å². The number of rotatable bonds is 4. The highest BCUT2D eigenvalue weighted by Crippen LogP contribution is 2.31. The Bertz CT molecular complexity index is 1310. The van der Waals surface area contributed by atoms with Crippen molar-refractivity contribution >= 4 is 35.0 Å². The molecule has 2 aromatic carbocycles. The summed E-state index contributed by atoms with van der Waals surface area (Å²) in [5, 5.41) is 0.577. The van der Waals surface area contributed by atoms with Crippen molar-refractivity contribution in [3.05, 3.63) is 102 Å². The third kappa shape index (κ3) is 3.76. The van der Waals surface area contributed by atoms with Gasteiger partial charge in [-0.1, -0.05) is 65.4 Å². The smallest absolute Gasteiger partial charge is 0.338 e. The van der Waals surface area contributed by atoms with Gasteiger partial charge in [0.1, 0.15) is 0 Å². The Morgan fingerprint density at radius 2 is 1.90 bits per heavy atom. The molecule has 7 heteroatoms. The minimum Gasteiger partial charge on any atom is -0.463 e. The lowest BCUT2D eigenvalue weighted by molar-refractivity contribution is -0.139. The van der Waals surface area contributed by atoms with E-state index in [2.05, 4.69) is 4.99 Å². The average molecular weight is 439 g/mol. The summed E-state index contributed by atoms with van der Waals surface area (Å²) in [5.74, 6) is -0.476. The van der Waals surface area contributed by atoms with Gasteiger partial charge >= 0.3 is 5.97 Å². The van der Waals surface area contributed by atoms with Gasteiger partial charge in [-0.25, -0.2) is 9.79 Å². The molecule has 1 atom stereocenters.